The van der Waals surface area contributed by atoms with E-state index in [1.54, 1.807) is 6.20 Å². The van der Waals surface area contributed by atoms with Crippen molar-refractivity contribution in [1.82, 2.24) is 15.2 Å². The Morgan fingerprint density at radius 3 is 2.88 bits per heavy atom. The van der Waals surface area contributed by atoms with E-state index < -0.39 is 0 Å². The van der Waals surface area contributed by atoms with E-state index in [2.05, 4.69) is 15.2 Å². The zero-order valence-electron chi connectivity index (χ0n) is 9.10. The van der Waals surface area contributed by atoms with Crippen LogP contribution in [0.1, 0.15) is 17.0 Å². The predicted octanol–water partition coefficient (Wildman–Crippen LogP) is 1.69. The number of rotatable bonds is 3. The van der Waals surface area contributed by atoms with Gasteiger partial charge in [0.15, 0.2) is 0 Å². The number of aromatic nitrogens is 3. The summed E-state index contributed by atoms with van der Waals surface area (Å²) in [5.41, 5.74) is 7.44. The maximum Gasteiger partial charge on any atom is 0.262 e. The van der Waals surface area contributed by atoms with Gasteiger partial charge >= 0.3 is 0 Å². The number of nitrogens with two attached hydrogens (primary N) is 1. The van der Waals surface area contributed by atoms with Gasteiger partial charge < -0.3 is 10.2 Å². The van der Waals surface area contributed by atoms with Crippen LogP contribution in [0.2, 0.25) is 0 Å². The minimum Gasteiger partial charge on any atom is -0.436 e. The summed E-state index contributed by atoms with van der Waals surface area (Å²) >= 11 is 1.34. The predicted molar refractivity (Wildman–Crippen MR) is 60.0 cm³/mol. The third-order valence-electron chi connectivity index (χ3n) is 2.18. The van der Waals surface area contributed by atoms with Gasteiger partial charge in [-0.05, 0) is 31.7 Å². The van der Waals surface area contributed by atoms with E-state index in [4.69, 9.17) is 10.2 Å². The van der Waals surface area contributed by atoms with Crippen molar-refractivity contribution in [2.75, 3.05) is 0 Å². The molecule has 16 heavy (non-hydrogen) atoms. The van der Waals surface area contributed by atoms with E-state index >= 15 is 0 Å². The molecular formula is C10H12N4OS. The molecule has 0 saturated heterocycles. The lowest BCUT2D eigenvalue weighted by Gasteiger charge is -2.00. The van der Waals surface area contributed by atoms with Gasteiger partial charge in [-0.3, -0.25) is 0 Å². The van der Waals surface area contributed by atoms with Crippen LogP contribution in [0.5, 0.6) is 0 Å². The first-order valence-electron chi connectivity index (χ1n) is 4.83. The van der Waals surface area contributed by atoms with Crippen LogP contribution < -0.4 is 5.73 Å². The largest absolute Gasteiger partial charge is 0.436 e. The highest BCUT2D eigenvalue weighted by atomic mass is 32.2. The summed E-state index contributed by atoms with van der Waals surface area (Å²) in [6.07, 6.45) is 1.62. The molecule has 0 aliphatic carbocycles. The van der Waals surface area contributed by atoms with E-state index in [9.17, 15) is 0 Å². The number of aryl methyl sites for hydroxylation is 2. The summed E-state index contributed by atoms with van der Waals surface area (Å²) in [4.78, 5) is 4.27. The molecule has 0 aliphatic rings. The minimum atomic E-state index is 0.427. The fraction of sp³-hybridized carbons (Fsp3) is 0.300. The maximum atomic E-state index is 5.61. The van der Waals surface area contributed by atoms with Gasteiger partial charge in [0, 0.05) is 18.3 Å². The van der Waals surface area contributed by atoms with E-state index in [0.29, 0.717) is 11.8 Å². The standard InChI is InChI=1S/C10H12N4OS/c1-6-7(2)15-10(13-6)16-9-8(5-11)3-4-12-14-9/h3-4H,5,11H2,1-2H3. The number of nitrogens with zero attached hydrogens (tertiary/aromatic N) is 3. The summed E-state index contributed by atoms with van der Waals surface area (Å²) in [5.74, 6) is 0.820. The van der Waals surface area contributed by atoms with Crippen molar-refractivity contribution < 1.29 is 4.42 Å². The molecule has 0 radical (unpaired) electrons. The molecule has 2 rings (SSSR count). The molecule has 2 aromatic rings. The van der Waals surface area contributed by atoms with Crippen molar-refractivity contribution in [3.63, 3.8) is 0 Å². The zero-order chi connectivity index (χ0) is 11.5. The summed E-state index contributed by atoms with van der Waals surface area (Å²) in [6.45, 7) is 4.22. The van der Waals surface area contributed by atoms with Gasteiger partial charge in [0.1, 0.15) is 10.8 Å². The fourth-order valence-corrected chi connectivity index (χ4v) is 2.04. The lowest BCUT2D eigenvalue weighted by molar-refractivity contribution is 0.430. The smallest absolute Gasteiger partial charge is 0.262 e. The Balaban J connectivity index is 2.26. The Morgan fingerprint density at radius 2 is 2.25 bits per heavy atom. The van der Waals surface area contributed by atoms with Gasteiger partial charge in [0.2, 0.25) is 0 Å². The highest BCUT2D eigenvalue weighted by Gasteiger charge is 2.11. The first-order chi connectivity index (χ1) is 7.70. The van der Waals surface area contributed by atoms with Crippen molar-refractivity contribution in [2.45, 2.75) is 30.6 Å². The lowest BCUT2D eigenvalue weighted by atomic mass is 10.3. The Hall–Kier alpha value is -1.40. The maximum absolute atomic E-state index is 5.61. The van der Waals surface area contributed by atoms with Gasteiger partial charge in [-0.15, -0.1) is 5.10 Å². The first kappa shape index (κ1) is 11.1. The van der Waals surface area contributed by atoms with Crippen molar-refractivity contribution in [3.8, 4) is 0 Å². The average Bonchev–Trinajstić information content (AvgIpc) is 2.59. The summed E-state index contributed by atoms with van der Waals surface area (Å²) in [6, 6.07) is 1.85. The molecule has 6 heteroatoms. The topological polar surface area (TPSA) is 77.8 Å². The Morgan fingerprint density at radius 1 is 1.44 bits per heavy atom. The third-order valence-corrected chi connectivity index (χ3v) is 3.06. The Kier molecular flexibility index (Phi) is 3.21. The highest BCUT2D eigenvalue weighted by molar-refractivity contribution is 7.99. The Labute approximate surface area is 97.5 Å². The minimum absolute atomic E-state index is 0.427. The lowest BCUT2D eigenvalue weighted by Crippen LogP contribution is -2.00. The number of oxazole rings is 1. The second-order valence-corrected chi connectivity index (χ2v) is 4.23. The van der Waals surface area contributed by atoms with Crippen LogP contribution in [0.4, 0.5) is 0 Å². The number of hydrogen-bond donors (Lipinski definition) is 1. The van der Waals surface area contributed by atoms with Crippen LogP contribution in [0.3, 0.4) is 0 Å². The monoisotopic (exact) mass is 236 g/mol. The molecule has 84 valence electrons. The number of hydrogen-bond acceptors (Lipinski definition) is 6. The molecule has 5 nitrogen and oxygen atoms in total. The van der Waals surface area contributed by atoms with E-state index in [1.807, 2.05) is 19.9 Å². The molecule has 0 bridgehead atoms. The second-order valence-electron chi connectivity index (χ2n) is 3.29. The fourth-order valence-electron chi connectivity index (χ4n) is 1.16. The first-order valence-corrected chi connectivity index (χ1v) is 5.65. The van der Waals surface area contributed by atoms with Gasteiger partial charge in [0.25, 0.3) is 5.22 Å². The molecule has 0 amide bonds. The van der Waals surface area contributed by atoms with E-state index in [1.165, 1.54) is 11.8 Å². The van der Waals surface area contributed by atoms with Crippen LogP contribution in [-0.4, -0.2) is 15.2 Å². The third kappa shape index (κ3) is 2.23. The molecule has 2 aromatic heterocycles. The molecule has 0 aliphatic heterocycles. The van der Waals surface area contributed by atoms with Crippen LogP contribution in [0, 0.1) is 13.8 Å². The van der Waals surface area contributed by atoms with Gasteiger partial charge in [0.05, 0.1) is 5.69 Å². The van der Waals surface area contributed by atoms with Crippen molar-refractivity contribution in [2.24, 2.45) is 5.73 Å². The molecule has 0 atom stereocenters. The van der Waals surface area contributed by atoms with Crippen molar-refractivity contribution in [1.29, 1.82) is 0 Å². The normalized spacial score (nSPS) is 10.7. The summed E-state index contributed by atoms with van der Waals surface area (Å²) in [7, 11) is 0. The molecule has 2 heterocycles. The van der Waals surface area contributed by atoms with Gasteiger partial charge in [-0.2, -0.15) is 5.10 Å². The zero-order valence-corrected chi connectivity index (χ0v) is 9.91. The Bertz CT molecular complexity index is 478. The van der Waals surface area contributed by atoms with Crippen LogP contribution in [-0.2, 0) is 6.54 Å². The summed E-state index contributed by atoms with van der Waals surface area (Å²) in [5, 5.41) is 9.16. The average molecular weight is 236 g/mol. The molecule has 2 N–H and O–H groups in total. The van der Waals surface area contributed by atoms with Crippen molar-refractivity contribution >= 4 is 11.8 Å². The second kappa shape index (κ2) is 4.63. The molecule has 0 spiro atoms. The molecule has 0 aromatic carbocycles. The van der Waals surface area contributed by atoms with Crippen LogP contribution >= 0.6 is 11.8 Å². The highest BCUT2D eigenvalue weighted by Crippen LogP contribution is 2.28. The van der Waals surface area contributed by atoms with Gasteiger partial charge in [-0.25, -0.2) is 4.98 Å². The van der Waals surface area contributed by atoms with Crippen molar-refractivity contribution in [3.05, 3.63) is 29.3 Å². The van der Waals surface area contributed by atoms with Gasteiger partial charge in [-0.1, -0.05) is 0 Å². The molecule has 0 saturated carbocycles. The molecule has 0 fully saturated rings. The molecule has 0 unspecified atom stereocenters. The van der Waals surface area contributed by atoms with E-state index in [0.717, 1.165) is 22.0 Å². The SMILES string of the molecule is Cc1nc(Sc2nnccc2CN)oc1C. The van der Waals surface area contributed by atoms with Crippen LogP contribution in [0.25, 0.3) is 0 Å². The quantitative estimate of drug-likeness (QED) is 0.873. The van der Waals surface area contributed by atoms with E-state index in [-0.39, 0.29) is 0 Å². The summed E-state index contributed by atoms with van der Waals surface area (Å²) < 4.78 is 5.46. The van der Waals surface area contributed by atoms with Crippen LogP contribution in [0.15, 0.2) is 26.9 Å². The molecular weight excluding hydrogens is 224 g/mol.